The molecule has 108 valence electrons. The molecule has 0 aliphatic rings. The lowest BCUT2D eigenvalue weighted by molar-refractivity contribution is -0.0633. The zero-order valence-electron chi connectivity index (χ0n) is 11.9. The first-order valence-corrected chi connectivity index (χ1v) is 7.62. The number of hydrogen-bond acceptors (Lipinski definition) is 2. The maximum atomic E-state index is 13.5. The summed E-state index contributed by atoms with van der Waals surface area (Å²) in [5.41, 5.74) is 6.90. The highest BCUT2D eigenvalue weighted by Gasteiger charge is 2.34. The highest BCUT2D eigenvalue weighted by Crippen LogP contribution is 2.29. The average molecular weight is 332 g/mol. The average Bonchev–Trinajstić information content (AvgIpc) is 2.41. The Kier molecular flexibility index (Phi) is 6.43. The molecule has 0 radical (unpaired) electrons. The first-order valence-electron chi connectivity index (χ1n) is 6.83. The summed E-state index contributed by atoms with van der Waals surface area (Å²) >= 11 is 3.29. The van der Waals surface area contributed by atoms with Crippen LogP contribution in [-0.4, -0.2) is 18.2 Å². The molecule has 0 amide bonds. The molecular formula is C15H23BrFNO. The number of ether oxygens (including phenoxy) is 1. The van der Waals surface area contributed by atoms with E-state index in [1.165, 1.54) is 6.07 Å². The second kappa shape index (κ2) is 7.36. The van der Waals surface area contributed by atoms with Gasteiger partial charge in [-0.2, -0.15) is 0 Å². The molecule has 0 heterocycles. The van der Waals surface area contributed by atoms with Gasteiger partial charge in [-0.3, -0.25) is 0 Å². The molecule has 2 nitrogen and oxygen atoms in total. The predicted octanol–water partition coefficient (Wildman–Crippen LogP) is 4.05. The molecule has 4 heteroatoms. The number of halogens is 2. The maximum absolute atomic E-state index is 13.5. The first kappa shape index (κ1) is 16.6. The molecule has 1 rings (SSSR count). The highest BCUT2D eigenvalue weighted by atomic mass is 79.9. The van der Waals surface area contributed by atoms with E-state index in [9.17, 15) is 4.39 Å². The van der Waals surface area contributed by atoms with Gasteiger partial charge in [-0.1, -0.05) is 26.0 Å². The molecule has 0 fully saturated rings. The van der Waals surface area contributed by atoms with Crippen LogP contribution in [0.2, 0.25) is 0 Å². The Morgan fingerprint density at radius 2 is 1.95 bits per heavy atom. The van der Waals surface area contributed by atoms with Gasteiger partial charge >= 0.3 is 0 Å². The van der Waals surface area contributed by atoms with Crippen LogP contribution < -0.4 is 5.73 Å². The number of hydrogen-bond donors (Lipinski definition) is 1. The predicted molar refractivity (Wildman–Crippen MR) is 80.7 cm³/mol. The van der Waals surface area contributed by atoms with Gasteiger partial charge in [0.25, 0.3) is 0 Å². The van der Waals surface area contributed by atoms with Crippen LogP contribution in [0.15, 0.2) is 22.7 Å². The zero-order chi connectivity index (χ0) is 14.5. The van der Waals surface area contributed by atoms with Gasteiger partial charge in [0.15, 0.2) is 0 Å². The number of rotatable bonds is 7. The van der Waals surface area contributed by atoms with Gasteiger partial charge < -0.3 is 10.5 Å². The van der Waals surface area contributed by atoms with Gasteiger partial charge in [-0.15, -0.1) is 0 Å². The SMILES string of the molecule is CCOC(CC)(CC)C(N)Cc1cccc(F)c1Br. The number of benzene rings is 1. The van der Waals surface area contributed by atoms with Crippen LogP contribution in [0.1, 0.15) is 39.2 Å². The lowest BCUT2D eigenvalue weighted by Crippen LogP contribution is -2.50. The Balaban J connectivity index is 2.93. The summed E-state index contributed by atoms with van der Waals surface area (Å²) in [6.07, 6.45) is 2.30. The molecule has 0 aromatic heterocycles. The molecule has 2 N–H and O–H groups in total. The largest absolute Gasteiger partial charge is 0.374 e. The standard InChI is InChI=1S/C15H23BrFNO/c1-4-15(5-2,19-6-3)13(18)10-11-8-7-9-12(17)14(11)16/h7-9,13H,4-6,10,18H2,1-3H3. The Bertz CT molecular complexity index is 407. The molecule has 1 aromatic carbocycles. The van der Waals surface area contributed by atoms with Gasteiger partial charge in [0.05, 0.1) is 10.1 Å². The third kappa shape index (κ3) is 3.77. The molecule has 0 saturated heterocycles. The minimum atomic E-state index is -0.333. The molecular weight excluding hydrogens is 309 g/mol. The minimum Gasteiger partial charge on any atom is -0.374 e. The molecule has 0 spiro atoms. The van der Waals surface area contributed by atoms with Gasteiger partial charge in [0, 0.05) is 12.6 Å². The van der Waals surface area contributed by atoms with E-state index in [0.717, 1.165) is 18.4 Å². The van der Waals surface area contributed by atoms with Crippen molar-refractivity contribution in [1.82, 2.24) is 0 Å². The van der Waals surface area contributed by atoms with Gasteiger partial charge in [0.2, 0.25) is 0 Å². The minimum absolute atomic E-state index is 0.152. The first-order chi connectivity index (χ1) is 9.00. The second-order valence-corrected chi connectivity index (χ2v) is 5.52. The van der Waals surface area contributed by atoms with Gasteiger partial charge in [-0.25, -0.2) is 4.39 Å². The molecule has 19 heavy (non-hydrogen) atoms. The van der Waals surface area contributed by atoms with E-state index in [4.69, 9.17) is 10.5 Å². The smallest absolute Gasteiger partial charge is 0.137 e. The fraction of sp³-hybridized carbons (Fsp3) is 0.600. The Labute approximate surface area is 123 Å². The molecule has 0 aliphatic carbocycles. The molecule has 0 aliphatic heterocycles. The molecule has 0 bridgehead atoms. The second-order valence-electron chi connectivity index (χ2n) is 4.73. The molecule has 1 atom stereocenters. The summed E-state index contributed by atoms with van der Waals surface area (Å²) in [6.45, 7) is 6.78. The van der Waals surface area contributed by atoms with E-state index >= 15 is 0 Å². The third-order valence-electron chi connectivity index (χ3n) is 3.78. The van der Waals surface area contributed by atoms with Crippen LogP contribution in [0.25, 0.3) is 0 Å². The van der Waals surface area contributed by atoms with Crippen molar-refractivity contribution < 1.29 is 9.13 Å². The summed E-state index contributed by atoms with van der Waals surface area (Å²) in [7, 11) is 0. The lowest BCUT2D eigenvalue weighted by atomic mass is 9.85. The van der Waals surface area contributed by atoms with E-state index in [0.29, 0.717) is 17.5 Å². The van der Waals surface area contributed by atoms with E-state index < -0.39 is 0 Å². The normalized spacial score (nSPS) is 13.6. The van der Waals surface area contributed by atoms with Crippen molar-refractivity contribution in [1.29, 1.82) is 0 Å². The highest BCUT2D eigenvalue weighted by molar-refractivity contribution is 9.10. The van der Waals surface area contributed by atoms with Crippen molar-refractivity contribution in [2.45, 2.75) is 51.7 Å². The fourth-order valence-corrected chi connectivity index (χ4v) is 2.93. The van der Waals surface area contributed by atoms with Crippen molar-refractivity contribution in [3.8, 4) is 0 Å². The Morgan fingerprint density at radius 3 is 2.47 bits per heavy atom. The Hall–Kier alpha value is -0.450. The van der Waals surface area contributed by atoms with Gasteiger partial charge in [0.1, 0.15) is 5.82 Å². The van der Waals surface area contributed by atoms with Crippen molar-refractivity contribution in [3.05, 3.63) is 34.1 Å². The van der Waals surface area contributed by atoms with Crippen LogP contribution in [0.4, 0.5) is 4.39 Å². The van der Waals surface area contributed by atoms with E-state index in [-0.39, 0.29) is 17.5 Å². The monoisotopic (exact) mass is 331 g/mol. The molecule has 1 unspecified atom stereocenters. The van der Waals surface area contributed by atoms with Crippen LogP contribution >= 0.6 is 15.9 Å². The van der Waals surface area contributed by atoms with E-state index in [1.807, 2.05) is 13.0 Å². The summed E-state index contributed by atoms with van der Waals surface area (Å²) in [5, 5.41) is 0. The number of nitrogens with two attached hydrogens (primary N) is 1. The third-order valence-corrected chi connectivity index (χ3v) is 4.66. The quantitative estimate of drug-likeness (QED) is 0.817. The molecule has 0 saturated carbocycles. The van der Waals surface area contributed by atoms with Crippen LogP contribution in [-0.2, 0) is 11.2 Å². The van der Waals surface area contributed by atoms with E-state index in [2.05, 4.69) is 29.8 Å². The summed E-state index contributed by atoms with van der Waals surface area (Å²) in [5.74, 6) is -0.250. The van der Waals surface area contributed by atoms with Crippen LogP contribution in [0.5, 0.6) is 0 Å². The summed E-state index contributed by atoms with van der Waals surface area (Å²) in [4.78, 5) is 0. The lowest BCUT2D eigenvalue weighted by Gasteiger charge is -2.37. The Morgan fingerprint density at radius 1 is 1.32 bits per heavy atom. The van der Waals surface area contributed by atoms with Crippen LogP contribution in [0, 0.1) is 5.82 Å². The van der Waals surface area contributed by atoms with Crippen molar-refractivity contribution in [2.75, 3.05) is 6.61 Å². The van der Waals surface area contributed by atoms with Crippen molar-refractivity contribution >= 4 is 15.9 Å². The summed E-state index contributed by atoms with van der Waals surface area (Å²) in [6, 6.07) is 4.90. The fourth-order valence-electron chi connectivity index (χ4n) is 2.50. The molecule has 1 aromatic rings. The van der Waals surface area contributed by atoms with Crippen molar-refractivity contribution in [2.24, 2.45) is 5.73 Å². The zero-order valence-corrected chi connectivity index (χ0v) is 13.5. The van der Waals surface area contributed by atoms with Crippen LogP contribution in [0.3, 0.4) is 0 Å². The van der Waals surface area contributed by atoms with Gasteiger partial charge in [-0.05, 0) is 53.7 Å². The van der Waals surface area contributed by atoms with Crippen molar-refractivity contribution in [3.63, 3.8) is 0 Å². The summed E-state index contributed by atoms with van der Waals surface area (Å²) < 4.78 is 19.9. The van der Waals surface area contributed by atoms with E-state index in [1.54, 1.807) is 6.07 Å². The maximum Gasteiger partial charge on any atom is 0.137 e. The topological polar surface area (TPSA) is 35.2 Å².